The van der Waals surface area contributed by atoms with Gasteiger partial charge in [0.05, 0.1) is 10.7 Å². The molecule has 0 radical (unpaired) electrons. The fourth-order valence-corrected chi connectivity index (χ4v) is 1.56. The maximum atomic E-state index is 4.27. The predicted molar refractivity (Wildman–Crippen MR) is 53.5 cm³/mol. The van der Waals surface area contributed by atoms with Gasteiger partial charge in [-0.1, -0.05) is 0 Å². The minimum Gasteiger partial charge on any atom is -0.316 e. The van der Waals surface area contributed by atoms with E-state index in [2.05, 4.69) is 31.3 Å². The quantitative estimate of drug-likeness (QED) is 0.859. The number of halogens is 1. The Hall–Kier alpha value is -0.940. The molecule has 4 nitrogen and oxygen atoms in total. The first-order valence-corrected chi connectivity index (χ1v) is 4.73. The molecule has 13 heavy (non-hydrogen) atoms. The average molecular weight is 241 g/mol. The van der Waals surface area contributed by atoms with E-state index in [1.165, 1.54) is 0 Å². The lowest BCUT2D eigenvalue weighted by Gasteiger charge is -1.99. The van der Waals surface area contributed by atoms with Gasteiger partial charge in [-0.2, -0.15) is 5.10 Å². The zero-order chi connectivity index (χ0) is 9.26. The molecule has 0 fully saturated rings. The molecule has 5 heteroatoms. The molecule has 0 unspecified atom stereocenters. The number of rotatable bonds is 2. The van der Waals surface area contributed by atoms with Crippen LogP contribution in [0.25, 0.3) is 5.65 Å². The van der Waals surface area contributed by atoms with E-state index in [0.29, 0.717) is 0 Å². The minimum atomic E-state index is 0.806. The van der Waals surface area contributed by atoms with Crippen molar-refractivity contribution in [3.63, 3.8) is 0 Å². The second kappa shape index (κ2) is 3.43. The third-order valence-corrected chi connectivity index (χ3v) is 2.31. The number of nitrogens with one attached hydrogen (secondary N) is 1. The Labute approximate surface area is 84.1 Å². The first-order chi connectivity index (χ1) is 6.31. The largest absolute Gasteiger partial charge is 0.316 e. The molecular formula is C8H9BrN4. The van der Waals surface area contributed by atoms with Crippen LogP contribution in [0.4, 0.5) is 0 Å². The summed E-state index contributed by atoms with van der Waals surface area (Å²) in [4.78, 5) is 4.27. The molecule has 0 aliphatic carbocycles. The standard InChI is InChI=1S/C8H9BrN4/c1-10-2-6-3-11-8-7(9)4-12-13(8)5-6/h3-5,10H,2H2,1H3. The summed E-state index contributed by atoms with van der Waals surface area (Å²) < 4.78 is 2.68. The van der Waals surface area contributed by atoms with E-state index in [4.69, 9.17) is 0 Å². The molecule has 2 heterocycles. The lowest BCUT2D eigenvalue weighted by Crippen LogP contribution is -2.06. The summed E-state index contributed by atoms with van der Waals surface area (Å²) in [5.41, 5.74) is 1.96. The summed E-state index contributed by atoms with van der Waals surface area (Å²) in [7, 11) is 1.91. The molecule has 2 aromatic rings. The van der Waals surface area contributed by atoms with E-state index >= 15 is 0 Å². The first-order valence-electron chi connectivity index (χ1n) is 3.93. The predicted octanol–water partition coefficient (Wildman–Crippen LogP) is 1.21. The van der Waals surface area contributed by atoms with Crippen molar-refractivity contribution in [3.05, 3.63) is 28.6 Å². The molecule has 0 saturated heterocycles. The van der Waals surface area contributed by atoms with Gasteiger partial charge in [0.2, 0.25) is 0 Å². The zero-order valence-electron chi connectivity index (χ0n) is 7.16. The van der Waals surface area contributed by atoms with Crippen LogP contribution in [0.2, 0.25) is 0 Å². The van der Waals surface area contributed by atoms with Crippen molar-refractivity contribution in [3.8, 4) is 0 Å². The highest BCUT2D eigenvalue weighted by molar-refractivity contribution is 9.10. The fourth-order valence-electron chi connectivity index (χ4n) is 1.18. The van der Waals surface area contributed by atoms with Crippen LogP contribution in [0.5, 0.6) is 0 Å². The highest BCUT2D eigenvalue weighted by atomic mass is 79.9. The zero-order valence-corrected chi connectivity index (χ0v) is 8.74. The van der Waals surface area contributed by atoms with Crippen LogP contribution in [0.15, 0.2) is 23.1 Å². The van der Waals surface area contributed by atoms with Gasteiger partial charge in [0.1, 0.15) is 0 Å². The Morgan fingerprint density at radius 3 is 3.15 bits per heavy atom. The van der Waals surface area contributed by atoms with Crippen molar-refractivity contribution in [2.75, 3.05) is 7.05 Å². The fraction of sp³-hybridized carbons (Fsp3) is 0.250. The van der Waals surface area contributed by atoms with Crippen molar-refractivity contribution in [2.24, 2.45) is 0 Å². The second-order valence-corrected chi connectivity index (χ2v) is 3.61. The van der Waals surface area contributed by atoms with Crippen molar-refractivity contribution in [1.29, 1.82) is 0 Å². The molecule has 0 spiro atoms. The molecular weight excluding hydrogens is 232 g/mol. The minimum absolute atomic E-state index is 0.806. The summed E-state index contributed by atoms with van der Waals surface area (Å²) in [5.74, 6) is 0. The van der Waals surface area contributed by atoms with Crippen molar-refractivity contribution < 1.29 is 0 Å². The molecule has 68 valence electrons. The lowest BCUT2D eigenvalue weighted by atomic mass is 10.3. The summed E-state index contributed by atoms with van der Waals surface area (Å²) >= 11 is 3.37. The van der Waals surface area contributed by atoms with E-state index < -0.39 is 0 Å². The molecule has 0 aliphatic rings. The third-order valence-electron chi connectivity index (χ3n) is 1.75. The van der Waals surface area contributed by atoms with Crippen molar-refractivity contribution >= 4 is 21.6 Å². The Morgan fingerprint density at radius 2 is 2.38 bits per heavy atom. The topological polar surface area (TPSA) is 42.2 Å². The molecule has 0 aromatic carbocycles. The Morgan fingerprint density at radius 1 is 1.54 bits per heavy atom. The van der Waals surface area contributed by atoms with Gasteiger partial charge < -0.3 is 5.32 Å². The summed E-state index contributed by atoms with van der Waals surface area (Å²) in [5, 5.41) is 7.20. The number of nitrogens with zero attached hydrogens (tertiary/aromatic N) is 3. The normalized spacial score (nSPS) is 10.9. The molecule has 0 bridgehead atoms. The maximum absolute atomic E-state index is 4.27. The highest BCUT2D eigenvalue weighted by Gasteiger charge is 2.01. The van der Waals surface area contributed by atoms with Crippen LogP contribution in [-0.4, -0.2) is 21.6 Å². The SMILES string of the molecule is CNCc1cnc2c(Br)cnn2c1. The highest BCUT2D eigenvalue weighted by Crippen LogP contribution is 2.14. The van der Waals surface area contributed by atoms with Gasteiger partial charge in [-0.05, 0) is 23.0 Å². The van der Waals surface area contributed by atoms with Crippen LogP contribution in [0, 0.1) is 0 Å². The van der Waals surface area contributed by atoms with Crippen LogP contribution < -0.4 is 5.32 Å². The van der Waals surface area contributed by atoms with E-state index in [0.717, 1.165) is 22.2 Å². The van der Waals surface area contributed by atoms with Crippen LogP contribution in [0.3, 0.4) is 0 Å². The Kier molecular flexibility index (Phi) is 2.28. The van der Waals surface area contributed by atoms with E-state index in [-0.39, 0.29) is 0 Å². The molecule has 2 rings (SSSR count). The molecule has 0 amide bonds. The van der Waals surface area contributed by atoms with Gasteiger partial charge in [0.25, 0.3) is 0 Å². The van der Waals surface area contributed by atoms with Gasteiger partial charge in [-0.25, -0.2) is 9.50 Å². The van der Waals surface area contributed by atoms with E-state index in [1.54, 1.807) is 10.7 Å². The van der Waals surface area contributed by atoms with Crippen LogP contribution in [-0.2, 0) is 6.54 Å². The molecule has 0 saturated carbocycles. The van der Waals surface area contributed by atoms with Gasteiger partial charge in [0.15, 0.2) is 5.65 Å². The Bertz CT molecular complexity index is 423. The average Bonchev–Trinajstić information content (AvgIpc) is 2.48. The number of aromatic nitrogens is 3. The molecule has 0 atom stereocenters. The summed E-state index contributed by atoms with van der Waals surface area (Å²) in [6.45, 7) is 0.806. The number of fused-ring (bicyclic) bond motifs is 1. The third kappa shape index (κ3) is 1.57. The number of hydrogen-bond donors (Lipinski definition) is 1. The van der Waals surface area contributed by atoms with Gasteiger partial charge in [-0.15, -0.1) is 0 Å². The van der Waals surface area contributed by atoms with Gasteiger partial charge in [0, 0.05) is 24.5 Å². The van der Waals surface area contributed by atoms with Gasteiger partial charge in [-0.3, -0.25) is 0 Å². The van der Waals surface area contributed by atoms with E-state index in [9.17, 15) is 0 Å². The summed E-state index contributed by atoms with van der Waals surface area (Å²) in [6.07, 6.45) is 5.55. The first kappa shape index (κ1) is 8.65. The Balaban J connectivity index is 2.50. The van der Waals surface area contributed by atoms with E-state index in [1.807, 2.05) is 19.4 Å². The van der Waals surface area contributed by atoms with Crippen molar-refractivity contribution in [1.82, 2.24) is 19.9 Å². The lowest BCUT2D eigenvalue weighted by molar-refractivity contribution is 0.794. The van der Waals surface area contributed by atoms with Gasteiger partial charge >= 0.3 is 0 Å². The maximum Gasteiger partial charge on any atom is 0.169 e. The molecule has 2 aromatic heterocycles. The van der Waals surface area contributed by atoms with Crippen LogP contribution in [0.1, 0.15) is 5.56 Å². The molecule has 1 N–H and O–H groups in total. The molecule has 0 aliphatic heterocycles. The number of hydrogen-bond acceptors (Lipinski definition) is 3. The monoisotopic (exact) mass is 240 g/mol. The smallest absolute Gasteiger partial charge is 0.169 e. The van der Waals surface area contributed by atoms with Crippen molar-refractivity contribution in [2.45, 2.75) is 6.54 Å². The second-order valence-electron chi connectivity index (χ2n) is 2.75. The van der Waals surface area contributed by atoms with Crippen LogP contribution >= 0.6 is 15.9 Å². The summed E-state index contributed by atoms with van der Waals surface area (Å²) in [6, 6.07) is 0.